The number of carbonyl (C=O) groups excluding carboxylic acids is 2. The van der Waals surface area contributed by atoms with E-state index >= 15 is 0 Å². The lowest BCUT2D eigenvalue weighted by Gasteiger charge is -2.48. The van der Waals surface area contributed by atoms with Gasteiger partial charge in [0, 0.05) is 24.4 Å². The van der Waals surface area contributed by atoms with Crippen LogP contribution < -0.4 is 0 Å². The highest BCUT2D eigenvalue weighted by atomic mass is 16.5. The maximum absolute atomic E-state index is 13.8. The molecule has 0 bridgehead atoms. The molecule has 0 aromatic heterocycles. The van der Waals surface area contributed by atoms with Crippen molar-refractivity contribution < 1.29 is 19.1 Å². The number of rotatable bonds is 6. The molecule has 2 aromatic rings. The van der Waals surface area contributed by atoms with Crippen LogP contribution in [0.4, 0.5) is 0 Å². The lowest BCUT2D eigenvalue weighted by atomic mass is 9.60. The molecular formula is C26H29NO4. The number of allylic oxidation sites excluding steroid dienone is 1. The van der Waals surface area contributed by atoms with Crippen molar-refractivity contribution >= 4 is 11.9 Å². The van der Waals surface area contributed by atoms with Gasteiger partial charge in [-0.05, 0) is 31.9 Å². The Balaban J connectivity index is 2.44. The summed E-state index contributed by atoms with van der Waals surface area (Å²) >= 11 is 0. The number of likely N-dealkylation sites (N-methyl/N-ethyl adjacent to an activating group) is 1. The van der Waals surface area contributed by atoms with Crippen molar-refractivity contribution in [3.8, 4) is 0 Å². The summed E-state index contributed by atoms with van der Waals surface area (Å²) in [5.41, 5.74) is 1.89. The molecule has 0 fully saturated rings. The summed E-state index contributed by atoms with van der Waals surface area (Å²) in [5, 5.41) is 0. The molecule has 0 saturated carbocycles. The first-order valence-electron chi connectivity index (χ1n) is 10.5. The molecule has 2 aromatic carbocycles. The van der Waals surface area contributed by atoms with Crippen molar-refractivity contribution in [3.05, 3.63) is 95.3 Å². The topological polar surface area (TPSA) is 55.8 Å². The molecule has 0 amide bonds. The highest BCUT2D eigenvalue weighted by Gasteiger charge is 2.58. The fourth-order valence-corrected chi connectivity index (χ4v) is 4.41. The van der Waals surface area contributed by atoms with E-state index < -0.39 is 23.3 Å². The summed E-state index contributed by atoms with van der Waals surface area (Å²) in [6.07, 6.45) is 0. The second-order valence-electron chi connectivity index (χ2n) is 7.46. The first-order chi connectivity index (χ1) is 14.9. The van der Waals surface area contributed by atoms with Crippen LogP contribution in [0.5, 0.6) is 0 Å². The maximum atomic E-state index is 13.8. The Hall–Kier alpha value is -3.34. The third-order valence-electron chi connectivity index (χ3n) is 5.93. The summed E-state index contributed by atoms with van der Waals surface area (Å²) in [7, 11) is 1.81. The van der Waals surface area contributed by atoms with Crippen molar-refractivity contribution in [2.45, 2.75) is 32.1 Å². The van der Waals surface area contributed by atoms with Crippen LogP contribution in [0.1, 0.15) is 37.8 Å². The van der Waals surface area contributed by atoms with Gasteiger partial charge in [-0.15, -0.1) is 0 Å². The summed E-state index contributed by atoms with van der Waals surface area (Å²) in [4.78, 5) is 28.9. The second kappa shape index (κ2) is 9.21. The standard InChI is InChI=1S/C26H29NO4/c1-6-30-24(28)22-18(3)27(5)19(4)26(25(29)31-7-2,21-16-12-9-13-17-21)23(22)20-14-10-8-11-15-20/h8-17,23H,4,6-7H2,1-3,5H3/t23-,26-/m0/s1. The molecule has 0 radical (unpaired) electrons. The third kappa shape index (κ3) is 3.65. The zero-order valence-electron chi connectivity index (χ0n) is 18.6. The number of esters is 2. The second-order valence-corrected chi connectivity index (χ2v) is 7.46. The summed E-state index contributed by atoms with van der Waals surface area (Å²) in [6.45, 7) is 10.2. The third-order valence-corrected chi connectivity index (χ3v) is 5.93. The fourth-order valence-electron chi connectivity index (χ4n) is 4.41. The van der Waals surface area contributed by atoms with E-state index in [-0.39, 0.29) is 13.2 Å². The zero-order chi connectivity index (χ0) is 22.6. The van der Waals surface area contributed by atoms with Crippen LogP contribution in [0.2, 0.25) is 0 Å². The molecule has 0 spiro atoms. The van der Waals surface area contributed by atoms with Gasteiger partial charge in [0.15, 0.2) is 0 Å². The average molecular weight is 420 g/mol. The molecule has 0 aliphatic carbocycles. The van der Waals surface area contributed by atoms with Crippen LogP contribution in [0.3, 0.4) is 0 Å². The molecular weight excluding hydrogens is 390 g/mol. The van der Waals surface area contributed by atoms with Crippen LogP contribution in [0.25, 0.3) is 0 Å². The predicted molar refractivity (Wildman–Crippen MR) is 120 cm³/mol. The van der Waals surface area contributed by atoms with E-state index in [0.29, 0.717) is 22.5 Å². The van der Waals surface area contributed by atoms with Gasteiger partial charge >= 0.3 is 11.9 Å². The quantitative estimate of drug-likeness (QED) is 0.642. The molecule has 0 N–H and O–H groups in total. The first-order valence-corrected chi connectivity index (χ1v) is 10.5. The van der Waals surface area contributed by atoms with Gasteiger partial charge in [-0.25, -0.2) is 4.79 Å². The molecule has 2 atom stereocenters. The van der Waals surface area contributed by atoms with Crippen LogP contribution in [-0.2, 0) is 24.5 Å². The smallest absolute Gasteiger partial charge is 0.336 e. The van der Waals surface area contributed by atoms with Gasteiger partial charge < -0.3 is 14.4 Å². The van der Waals surface area contributed by atoms with Gasteiger partial charge in [-0.3, -0.25) is 4.79 Å². The molecule has 0 unspecified atom stereocenters. The van der Waals surface area contributed by atoms with Gasteiger partial charge in [-0.2, -0.15) is 0 Å². The minimum absolute atomic E-state index is 0.212. The molecule has 5 heteroatoms. The molecule has 5 nitrogen and oxygen atoms in total. The number of carbonyl (C=O) groups is 2. The monoisotopic (exact) mass is 419 g/mol. The van der Waals surface area contributed by atoms with Crippen LogP contribution in [0.15, 0.2) is 84.2 Å². The maximum Gasteiger partial charge on any atom is 0.336 e. The summed E-state index contributed by atoms with van der Waals surface area (Å²) in [5.74, 6) is -1.54. The SMILES string of the molecule is C=C1N(C)C(C)=C(C(=O)OCC)[C@H](c2ccccc2)[C@@]1(C(=O)OCC)c1ccccc1. The Bertz CT molecular complexity index is 997. The molecule has 31 heavy (non-hydrogen) atoms. The molecule has 0 saturated heterocycles. The lowest BCUT2D eigenvalue weighted by Crippen LogP contribution is -2.53. The van der Waals surface area contributed by atoms with Crippen molar-refractivity contribution in [2.75, 3.05) is 20.3 Å². The minimum atomic E-state index is -1.32. The van der Waals surface area contributed by atoms with E-state index in [1.165, 1.54) is 0 Å². The Morgan fingerprint density at radius 2 is 1.52 bits per heavy atom. The molecule has 1 aliphatic heterocycles. The van der Waals surface area contributed by atoms with E-state index in [2.05, 4.69) is 6.58 Å². The number of hydrogen-bond acceptors (Lipinski definition) is 5. The molecule has 1 aliphatic rings. The molecule has 3 rings (SSSR count). The van der Waals surface area contributed by atoms with Crippen molar-refractivity contribution in [2.24, 2.45) is 0 Å². The van der Waals surface area contributed by atoms with Gasteiger partial charge in [0.05, 0.1) is 18.8 Å². The number of nitrogens with zero attached hydrogens (tertiary/aromatic N) is 1. The van der Waals surface area contributed by atoms with Crippen molar-refractivity contribution in [1.29, 1.82) is 0 Å². The highest BCUT2D eigenvalue weighted by Crippen LogP contribution is 2.54. The normalized spacial score (nSPS) is 21.1. The zero-order valence-corrected chi connectivity index (χ0v) is 18.6. The van der Waals surface area contributed by atoms with E-state index in [0.717, 1.165) is 5.56 Å². The summed E-state index contributed by atoms with van der Waals surface area (Å²) in [6, 6.07) is 19.0. The van der Waals surface area contributed by atoms with Crippen LogP contribution in [-0.4, -0.2) is 37.1 Å². The molecule has 162 valence electrons. The largest absolute Gasteiger partial charge is 0.465 e. The van der Waals surface area contributed by atoms with Gasteiger partial charge in [0.2, 0.25) is 0 Å². The average Bonchev–Trinajstić information content (AvgIpc) is 2.79. The lowest BCUT2D eigenvalue weighted by molar-refractivity contribution is -0.150. The van der Waals surface area contributed by atoms with Gasteiger partial charge in [-0.1, -0.05) is 67.2 Å². The highest BCUT2D eigenvalue weighted by molar-refractivity contribution is 5.98. The Kier molecular flexibility index (Phi) is 6.64. The molecule has 1 heterocycles. The number of ether oxygens (including phenoxy) is 2. The minimum Gasteiger partial charge on any atom is -0.465 e. The Labute approximate surface area is 184 Å². The number of benzene rings is 2. The van der Waals surface area contributed by atoms with E-state index in [4.69, 9.17) is 9.47 Å². The van der Waals surface area contributed by atoms with Crippen LogP contribution >= 0.6 is 0 Å². The Morgan fingerprint density at radius 1 is 0.968 bits per heavy atom. The van der Waals surface area contributed by atoms with Crippen LogP contribution in [0, 0.1) is 0 Å². The number of hydrogen-bond donors (Lipinski definition) is 0. The Morgan fingerprint density at radius 3 is 2.06 bits per heavy atom. The van der Waals surface area contributed by atoms with E-state index in [1.807, 2.05) is 74.6 Å². The van der Waals surface area contributed by atoms with Crippen molar-refractivity contribution in [1.82, 2.24) is 4.90 Å². The van der Waals surface area contributed by atoms with Gasteiger partial charge in [0.25, 0.3) is 0 Å². The van der Waals surface area contributed by atoms with Gasteiger partial charge in [0.1, 0.15) is 5.41 Å². The van der Waals surface area contributed by atoms with E-state index in [9.17, 15) is 9.59 Å². The predicted octanol–water partition coefficient (Wildman–Crippen LogP) is 4.57. The van der Waals surface area contributed by atoms with Crippen molar-refractivity contribution in [3.63, 3.8) is 0 Å². The summed E-state index contributed by atoms with van der Waals surface area (Å²) < 4.78 is 11.1. The van der Waals surface area contributed by atoms with E-state index in [1.54, 1.807) is 18.7 Å². The fraction of sp³-hybridized carbons (Fsp3) is 0.308. The first kappa shape index (κ1) is 22.3.